The molecule has 0 radical (unpaired) electrons. The number of aromatic nitrogens is 3. The Hall–Kier alpha value is -2.62. The third-order valence-electron chi connectivity index (χ3n) is 3.53. The summed E-state index contributed by atoms with van der Waals surface area (Å²) in [7, 11) is -1.27. The van der Waals surface area contributed by atoms with Crippen LogP contribution in [0.1, 0.15) is 19.4 Å². The lowest BCUT2D eigenvalue weighted by atomic mass is 10.0. The number of hydrogen-bond acceptors (Lipinski definition) is 8. The molecule has 0 fully saturated rings. The zero-order valence-electron chi connectivity index (χ0n) is 14.2. The summed E-state index contributed by atoms with van der Waals surface area (Å²) >= 11 is 0. The van der Waals surface area contributed by atoms with Crippen LogP contribution in [0.2, 0.25) is 0 Å². The van der Waals surface area contributed by atoms with E-state index in [0.29, 0.717) is 12.2 Å². The van der Waals surface area contributed by atoms with E-state index in [1.807, 2.05) is 19.9 Å². The van der Waals surface area contributed by atoms with E-state index >= 15 is 0 Å². The van der Waals surface area contributed by atoms with Gasteiger partial charge in [-0.05, 0) is 25.5 Å². The molecule has 0 saturated carbocycles. The van der Waals surface area contributed by atoms with E-state index in [-0.39, 0.29) is 22.9 Å². The first-order valence-corrected chi connectivity index (χ1v) is 8.90. The van der Waals surface area contributed by atoms with Crippen LogP contribution in [0, 0.1) is 0 Å². The molecular weight excluding hydrogens is 348 g/mol. The number of benzene rings is 1. The van der Waals surface area contributed by atoms with Crippen molar-refractivity contribution in [1.29, 1.82) is 0 Å². The van der Waals surface area contributed by atoms with E-state index < -0.39 is 15.6 Å². The molecule has 0 spiro atoms. The molecule has 1 N–H and O–H groups in total. The minimum atomic E-state index is -3.98. The van der Waals surface area contributed by atoms with Crippen LogP contribution in [0.25, 0.3) is 0 Å². The summed E-state index contributed by atoms with van der Waals surface area (Å²) in [5, 5.41) is 0. The van der Waals surface area contributed by atoms with Crippen LogP contribution in [0.4, 0.5) is 5.95 Å². The molecule has 134 valence electrons. The smallest absolute Gasteiger partial charge is 0.324 e. The Kier molecular flexibility index (Phi) is 4.15. The summed E-state index contributed by atoms with van der Waals surface area (Å²) in [6.45, 7) is 3.80. The van der Waals surface area contributed by atoms with Gasteiger partial charge in [-0.3, -0.25) is 0 Å². The number of sulfonamides is 1. The number of anilines is 1. The highest BCUT2D eigenvalue weighted by molar-refractivity contribution is 7.92. The molecule has 0 unspecified atom stereocenters. The van der Waals surface area contributed by atoms with Gasteiger partial charge < -0.3 is 14.2 Å². The van der Waals surface area contributed by atoms with Gasteiger partial charge in [-0.15, -0.1) is 4.98 Å². The minimum absolute atomic E-state index is 0.0221. The Balaban J connectivity index is 1.99. The molecule has 1 aliphatic rings. The maximum atomic E-state index is 12.8. The van der Waals surface area contributed by atoms with Crippen LogP contribution in [-0.4, -0.2) is 43.2 Å². The van der Waals surface area contributed by atoms with E-state index in [1.165, 1.54) is 20.3 Å². The summed E-state index contributed by atoms with van der Waals surface area (Å²) in [6.07, 6.45) is 0.624. The van der Waals surface area contributed by atoms with Crippen molar-refractivity contribution in [2.24, 2.45) is 0 Å². The van der Waals surface area contributed by atoms with Crippen molar-refractivity contribution in [2.75, 3.05) is 18.9 Å². The average molecular weight is 366 g/mol. The molecule has 25 heavy (non-hydrogen) atoms. The second-order valence-corrected chi connectivity index (χ2v) is 7.67. The van der Waals surface area contributed by atoms with Gasteiger partial charge in [0.1, 0.15) is 16.2 Å². The summed E-state index contributed by atoms with van der Waals surface area (Å²) in [6, 6.07) is 4.85. The fourth-order valence-electron chi connectivity index (χ4n) is 2.54. The van der Waals surface area contributed by atoms with Gasteiger partial charge in [0.15, 0.2) is 0 Å². The molecule has 0 saturated heterocycles. The van der Waals surface area contributed by atoms with Crippen molar-refractivity contribution < 1.29 is 22.6 Å². The molecule has 2 aromatic rings. The molecule has 0 aliphatic carbocycles. The highest BCUT2D eigenvalue weighted by Gasteiger charge is 2.35. The minimum Gasteiger partial charge on any atom is -0.486 e. The zero-order valence-corrected chi connectivity index (χ0v) is 15.0. The largest absolute Gasteiger partial charge is 0.486 e. The summed E-state index contributed by atoms with van der Waals surface area (Å²) < 4.78 is 43.6. The van der Waals surface area contributed by atoms with Crippen molar-refractivity contribution in [3.05, 3.63) is 23.8 Å². The third-order valence-corrected chi connectivity index (χ3v) is 4.88. The normalized spacial score (nSPS) is 15.2. The summed E-state index contributed by atoms with van der Waals surface area (Å²) in [5.41, 5.74) is 0.367. The van der Waals surface area contributed by atoms with Gasteiger partial charge in [0, 0.05) is 6.42 Å². The van der Waals surface area contributed by atoms with Gasteiger partial charge >= 0.3 is 12.0 Å². The topological polar surface area (TPSA) is 113 Å². The molecule has 1 aromatic heterocycles. The van der Waals surface area contributed by atoms with E-state index in [2.05, 4.69) is 19.7 Å². The second-order valence-electron chi connectivity index (χ2n) is 6.02. The average Bonchev–Trinajstić information content (AvgIpc) is 2.87. The first-order chi connectivity index (χ1) is 11.7. The van der Waals surface area contributed by atoms with Crippen LogP contribution < -0.4 is 18.9 Å². The second kappa shape index (κ2) is 6.03. The van der Waals surface area contributed by atoms with Crippen molar-refractivity contribution in [3.8, 4) is 17.8 Å². The fraction of sp³-hybridized carbons (Fsp3) is 0.400. The highest BCUT2D eigenvalue weighted by atomic mass is 32.2. The Morgan fingerprint density at radius 1 is 1.12 bits per heavy atom. The molecule has 0 amide bonds. The van der Waals surface area contributed by atoms with Crippen molar-refractivity contribution in [2.45, 2.75) is 30.8 Å². The number of fused-ring (bicyclic) bond motifs is 1. The maximum Gasteiger partial charge on any atom is 0.324 e. The molecule has 2 heterocycles. The van der Waals surface area contributed by atoms with Crippen LogP contribution in [0.15, 0.2) is 23.1 Å². The Morgan fingerprint density at radius 3 is 2.36 bits per heavy atom. The number of nitrogens with one attached hydrogen (secondary N) is 1. The standard InChI is InChI=1S/C15H18N4O5S/c1-15(2)8-9-6-5-7-10(11(9)24-15)25(20,21)19-12-16-13(22-3)18-14(17-12)23-4/h5-7H,8H2,1-4H3,(H,16,17,18,19). The summed E-state index contributed by atoms with van der Waals surface area (Å²) in [4.78, 5) is 11.6. The molecular formula is C15H18N4O5S. The lowest BCUT2D eigenvalue weighted by Crippen LogP contribution is -2.25. The number of rotatable bonds is 5. The van der Waals surface area contributed by atoms with Crippen molar-refractivity contribution in [1.82, 2.24) is 15.0 Å². The monoisotopic (exact) mass is 366 g/mol. The quantitative estimate of drug-likeness (QED) is 0.845. The van der Waals surface area contributed by atoms with Gasteiger partial charge in [-0.25, -0.2) is 13.1 Å². The van der Waals surface area contributed by atoms with Gasteiger partial charge in [-0.1, -0.05) is 12.1 Å². The van der Waals surface area contributed by atoms with Crippen LogP contribution in [-0.2, 0) is 16.4 Å². The van der Waals surface area contributed by atoms with E-state index in [0.717, 1.165) is 5.56 Å². The van der Waals surface area contributed by atoms with Gasteiger partial charge in [0.2, 0.25) is 5.95 Å². The Bertz CT molecular complexity index is 892. The molecule has 1 aliphatic heterocycles. The predicted octanol–water partition coefficient (Wildman–Crippen LogP) is 1.40. The zero-order chi connectivity index (χ0) is 18.2. The molecule has 1 aromatic carbocycles. The van der Waals surface area contributed by atoms with Crippen LogP contribution >= 0.6 is 0 Å². The number of para-hydroxylation sites is 1. The summed E-state index contributed by atoms with van der Waals surface area (Å²) in [5.74, 6) is 0.131. The lowest BCUT2D eigenvalue weighted by molar-refractivity contribution is 0.135. The van der Waals surface area contributed by atoms with Gasteiger partial charge in [0.05, 0.1) is 14.2 Å². The van der Waals surface area contributed by atoms with Gasteiger partial charge in [-0.2, -0.15) is 9.97 Å². The maximum absolute atomic E-state index is 12.8. The van der Waals surface area contributed by atoms with Gasteiger partial charge in [0.25, 0.3) is 10.0 Å². The Labute approximate surface area is 145 Å². The predicted molar refractivity (Wildman–Crippen MR) is 88.6 cm³/mol. The van der Waals surface area contributed by atoms with Crippen LogP contribution in [0.3, 0.4) is 0 Å². The molecule has 0 atom stereocenters. The third kappa shape index (κ3) is 3.43. The van der Waals surface area contributed by atoms with Crippen LogP contribution in [0.5, 0.6) is 17.8 Å². The SMILES string of the molecule is COc1nc(NS(=O)(=O)c2cccc3c2OC(C)(C)C3)nc(OC)n1. The van der Waals surface area contributed by atoms with E-state index in [4.69, 9.17) is 14.2 Å². The molecule has 0 bridgehead atoms. The molecule has 10 heteroatoms. The number of ether oxygens (including phenoxy) is 3. The van der Waals surface area contributed by atoms with E-state index in [9.17, 15) is 8.42 Å². The fourth-order valence-corrected chi connectivity index (χ4v) is 3.66. The first-order valence-electron chi connectivity index (χ1n) is 7.42. The number of nitrogens with zero attached hydrogens (tertiary/aromatic N) is 3. The van der Waals surface area contributed by atoms with Crippen molar-refractivity contribution >= 4 is 16.0 Å². The number of methoxy groups -OCH3 is 2. The molecule has 9 nitrogen and oxygen atoms in total. The van der Waals surface area contributed by atoms with Crippen molar-refractivity contribution in [3.63, 3.8) is 0 Å². The highest BCUT2D eigenvalue weighted by Crippen LogP contribution is 2.39. The molecule has 3 rings (SSSR count). The Morgan fingerprint density at radius 2 is 1.76 bits per heavy atom. The lowest BCUT2D eigenvalue weighted by Gasteiger charge is -2.18. The first kappa shape index (κ1) is 17.2. The van der Waals surface area contributed by atoms with E-state index in [1.54, 1.807) is 6.07 Å². The number of hydrogen-bond donors (Lipinski definition) is 1.